The monoisotopic (exact) mass is 421 g/mol. The molecule has 1 saturated carbocycles. The van der Waals surface area contributed by atoms with E-state index in [-0.39, 0.29) is 23.9 Å². The molecular weight excluding hydrogens is 404 g/mol. The molecule has 0 heterocycles. The van der Waals surface area contributed by atoms with Crippen molar-refractivity contribution in [3.63, 3.8) is 0 Å². The molecule has 0 radical (unpaired) electrons. The lowest BCUT2D eigenvalue weighted by Crippen LogP contribution is -2.68. The van der Waals surface area contributed by atoms with Gasteiger partial charge in [0.1, 0.15) is 28.9 Å². The van der Waals surface area contributed by atoms with Crippen LogP contribution in [0.15, 0.2) is 42.5 Å². The van der Waals surface area contributed by atoms with Crippen molar-refractivity contribution in [2.75, 3.05) is 13.7 Å². The number of rotatable bonds is 7. The van der Waals surface area contributed by atoms with Crippen LogP contribution < -0.4 is 9.47 Å². The van der Waals surface area contributed by atoms with Crippen molar-refractivity contribution in [2.45, 2.75) is 19.1 Å². The van der Waals surface area contributed by atoms with Crippen LogP contribution in [-0.2, 0) is 19.2 Å². The molecule has 158 valence electrons. The number of Topliss-reactive ketones (excluding diaryl/α,β-unsaturated/α-hetero) is 2. The third kappa shape index (κ3) is 4.38. The SMILES string of the molecule is CCON(C(=O)OC)C1C(=O)C(=O)C1Oc1ccc(Oc2cc(F)cc(F)c2)cc1. The number of ether oxygens (including phenoxy) is 3. The minimum absolute atomic E-state index is 0.0357. The van der Waals surface area contributed by atoms with Crippen LogP contribution in [0.1, 0.15) is 6.92 Å². The number of benzene rings is 2. The van der Waals surface area contributed by atoms with Gasteiger partial charge in [-0.2, -0.15) is 5.06 Å². The molecule has 0 spiro atoms. The molecule has 1 amide bonds. The Labute approximate surface area is 169 Å². The maximum atomic E-state index is 13.2. The summed E-state index contributed by atoms with van der Waals surface area (Å²) in [4.78, 5) is 40.9. The molecule has 0 saturated heterocycles. The first kappa shape index (κ1) is 21.2. The molecule has 1 aliphatic rings. The fourth-order valence-corrected chi connectivity index (χ4v) is 2.75. The van der Waals surface area contributed by atoms with Crippen LogP contribution in [0.25, 0.3) is 0 Å². The number of carbonyl (C=O) groups is 3. The Balaban J connectivity index is 1.71. The topological polar surface area (TPSA) is 91.4 Å². The highest BCUT2D eigenvalue weighted by Crippen LogP contribution is 2.29. The fourth-order valence-electron chi connectivity index (χ4n) is 2.75. The summed E-state index contributed by atoms with van der Waals surface area (Å²) in [6.45, 7) is 1.66. The Kier molecular flexibility index (Phi) is 6.26. The van der Waals surface area contributed by atoms with Crippen LogP contribution in [0.5, 0.6) is 17.2 Å². The zero-order chi connectivity index (χ0) is 21.8. The van der Waals surface area contributed by atoms with Crippen LogP contribution >= 0.6 is 0 Å². The number of amides is 1. The number of nitrogens with zero attached hydrogens (tertiary/aromatic N) is 1. The van der Waals surface area contributed by atoms with Gasteiger partial charge in [0.25, 0.3) is 0 Å². The second kappa shape index (κ2) is 8.87. The average molecular weight is 421 g/mol. The number of halogens is 2. The molecule has 10 heteroatoms. The number of methoxy groups -OCH3 is 1. The maximum absolute atomic E-state index is 13.2. The molecule has 0 N–H and O–H groups in total. The standard InChI is InChI=1S/C20H17F2NO7/c1-3-28-23(20(26)27-2)16-17(24)18(25)19(16)30-14-6-4-13(5-7-14)29-15-9-11(21)8-12(22)10-15/h4-10,16,19H,3H2,1-2H3. The van der Waals surface area contributed by atoms with Crippen LogP contribution in [0.2, 0.25) is 0 Å². The summed E-state index contributed by atoms with van der Waals surface area (Å²) < 4.78 is 42.0. The normalized spacial score (nSPS) is 17.9. The molecule has 1 fully saturated rings. The molecule has 2 atom stereocenters. The molecule has 2 aromatic carbocycles. The van der Waals surface area contributed by atoms with Crippen molar-refractivity contribution < 1.29 is 42.2 Å². The molecule has 8 nitrogen and oxygen atoms in total. The van der Waals surface area contributed by atoms with Crippen molar-refractivity contribution in [2.24, 2.45) is 0 Å². The molecule has 30 heavy (non-hydrogen) atoms. The van der Waals surface area contributed by atoms with Gasteiger partial charge in [0.2, 0.25) is 11.6 Å². The van der Waals surface area contributed by atoms with E-state index in [9.17, 15) is 23.2 Å². The van der Waals surface area contributed by atoms with Crippen molar-refractivity contribution in [3.05, 3.63) is 54.1 Å². The Morgan fingerprint density at radius 2 is 1.57 bits per heavy atom. The summed E-state index contributed by atoms with van der Waals surface area (Å²) in [5, 5.41) is 0.671. The first-order valence-corrected chi connectivity index (χ1v) is 8.83. The van der Waals surface area contributed by atoms with Gasteiger partial charge in [-0.05, 0) is 31.2 Å². The summed E-state index contributed by atoms with van der Waals surface area (Å²) in [5.74, 6) is -2.81. The van der Waals surface area contributed by atoms with E-state index in [4.69, 9.17) is 14.3 Å². The Hall–Kier alpha value is -3.53. The predicted octanol–water partition coefficient (Wildman–Crippen LogP) is 3.04. The van der Waals surface area contributed by atoms with E-state index in [1.807, 2.05) is 0 Å². The molecule has 2 aromatic rings. The first-order chi connectivity index (χ1) is 14.3. The van der Waals surface area contributed by atoms with Gasteiger partial charge in [0.15, 0.2) is 12.1 Å². The van der Waals surface area contributed by atoms with E-state index in [1.54, 1.807) is 6.92 Å². The summed E-state index contributed by atoms with van der Waals surface area (Å²) in [5.41, 5.74) is 0. The van der Waals surface area contributed by atoms with Gasteiger partial charge in [0, 0.05) is 18.2 Å². The first-order valence-electron chi connectivity index (χ1n) is 8.83. The highest BCUT2D eigenvalue weighted by atomic mass is 19.1. The molecule has 0 bridgehead atoms. The Morgan fingerprint density at radius 1 is 0.967 bits per heavy atom. The highest BCUT2D eigenvalue weighted by molar-refractivity contribution is 6.48. The van der Waals surface area contributed by atoms with Gasteiger partial charge in [0.05, 0.1) is 13.7 Å². The van der Waals surface area contributed by atoms with E-state index in [2.05, 4.69) is 4.74 Å². The highest BCUT2D eigenvalue weighted by Gasteiger charge is 2.57. The minimum atomic E-state index is -1.28. The Morgan fingerprint density at radius 3 is 2.13 bits per heavy atom. The van der Waals surface area contributed by atoms with Crippen molar-refractivity contribution in [3.8, 4) is 17.2 Å². The smallest absolute Gasteiger partial charge is 0.434 e. The zero-order valence-corrected chi connectivity index (χ0v) is 16.0. The predicted molar refractivity (Wildman–Crippen MR) is 97.0 cm³/mol. The molecule has 0 aromatic heterocycles. The summed E-state index contributed by atoms with van der Waals surface area (Å²) in [6.07, 6.45) is -2.21. The van der Waals surface area contributed by atoms with Crippen LogP contribution in [0, 0.1) is 11.6 Å². The van der Waals surface area contributed by atoms with Gasteiger partial charge in [-0.3, -0.25) is 14.4 Å². The molecule has 2 unspecified atom stereocenters. The molecule has 1 aliphatic carbocycles. The number of ketones is 2. The van der Waals surface area contributed by atoms with Gasteiger partial charge in [-0.25, -0.2) is 13.6 Å². The number of carbonyl (C=O) groups excluding carboxylic acids is 3. The summed E-state index contributed by atoms with van der Waals surface area (Å²) >= 11 is 0. The lowest BCUT2D eigenvalue weighted by atomic mass is 9.85. The van der Waals surface area contributed by atoms with E-state index in [0.29, 0.717) is 5.06 Å². The lowest BCUT2D eigenvalue weighted by Gasteiger charge is -2.38. The van der Waals surface area contributed by atoms with E-state index >= 15 is 0 Å². The average Bonchev–Trinajstić information content (AvgIpc) is 2.72. The van der Waals surface area contributed by atoms with Gasteiger partial charge < -0.3 is 14.2 Å². The summed E-state index contributed by atoms with van der Waals surface area (Å²) in [6, 6.07) is 7.23. The lowest BCUT2D eigenvalue weighted by molar-refractivity contribution is -0.196. The molecule has 0 aliphatic heterocycles. The van der Waals surface area contributed by atoms with Gasteiger partial charge in [-0.15, -0.1) is 0 Å². The third-order valence-corrected chi connectivity index (χ3v) is 4.09. The summed E-state index contributed by atoms with van der Waals surface area (Å²) in [7, 11) is 1.11. The number of hydrogen-bond donors (Lipinski definition) is 0. The van der Waals surface area contributed by atoms with Crippen LogP contribution in [-0.4, -0.2) is 48.6 Å². The largest absolute Gasteiger partial charge is 0.479 e. The van der Waals surface area contributed by atoms with Crippen molar-refractivity contribution in [1.29, 1.82) is 0 Å². The molecule has 3 rings (SSSR count). The quantitative estimate of drug-likeness (QED) is 0.501. The zero-order valence-electron chi connectivity index (χ0n) is 16.0. The van der Waals surface area contributed by atoms with Crippen molar-refractivity contribution in [1.82, 2.24) is 5.06 Å². The molecular formula is C20H17F2NO7. The van der Waals surface area contributed by atoms with E-state index in [1.165, 1.54) is 24.3 Å². The minimum Gasteiger partial charge on any atom is -0.479 e. The number of hydroxylamine groups is 2. The Bertz CT molecular complexity index is 944. The fraction of sp³-hybridized carbons (Fsp3) is 0.250. The van der Waals surface area contributed by atoms with Gasteiger partial charge in [-0.1, -0.05) is 0 Å². The second-order valence-corrected chi connectivity index (χ2v) is 6.10. The number of hydrogen-bond acceptors (Lipinski definition) is 7. The van der Waals surface area contributed by atoms with Crippen LogP contribution in [0.4, 0.5) is 13.6 Å². The van der Waals surface area contributed by atoms with Gasteiger partial charge >= 0.3 is 6.09 Å². The van der Waals surface area contributed by atoms with Crippen molar-refractivity contribution >= 4 is 17.7 Å². The van der Waals surface area contributed by atoms with Crippen LogP contribution in [0.3, 0.4) is 0 Å². The third-order valence-electron chi connectivity index (χ3n) is 4.09. The second-order valence-electron chi connectivity index (χ2n) is 6.10. The maximum Gasteiger partial charge on any atom is 0.434 e. The van der Waals surface area contributed by atoms with E-state index in [0.717, 1.165) is 25.3 Å². The van der Waals surface area contributed by atoms with E-state index < -0.39 is 41.4 Å².